The molecule has 158 valence electrons. The average Bonchev–Trinajstić information content (AvgIpc) is 3.29. The highest BCUT2D eigenvalue weighted by atomic mass is 19.1. The molecule has 1 aliphatic rings. The van der Waals surface area contributed by atoms with Gasteiger partial charge in [-0.3, -0.25) is 9.36 Å². The first-order chi connectivity index (χ1) is 15.1. The van der Waals surface area contributed by atoms with Crippen molar-refractivity contribution in [2.24, 2.45) is 0 Å². The summed E-state index contributed by atoms with van der Waals surface area (Å²) in [6, 6.07) is 9.52. The van der Waals surface area contributed by atoms with Gasteiger partial charge in [-0.05, 0) is 42.7 Å². The van der Waals surface area contributed by atoms with Crippen molar-refractivity contribution in [2.45, 2.75) is 38.4 Å². The zero-order chi connectivity index (χ0) is 21.4. The standard InChI is InChI=1S/C22H21FN6O2/c23-17-3-1-15(2-4-17)14-29-22(31)28-11-8-18(5-6-19(28)26-29)25-21(30)16-7-10-27-12-9-24-20(27)13-16/h1-4,7,9-10,12-13,18H,5-6,8,11,14H2,(H,25,30). The van der Waals surface area contributed by atoms with Crippen molar-refractivity contribution >= 4 is 11.6 Å². The fourth-order valence-electron chi connectivity index (χ4n) is 3.96. The number of hydrogen-bond donors (Lipinski definition) is 1. The lowest BCUT2D eigenvalue weighted by atomic mass is 10.1. The molecule has 1 N–H and O–H groups in total. The molecule has 0 bridgehead atoms. The highest BCUT2D eigenvalue weighted by molar-refractivity contribution is 5.95. The Kier molecular flexibility index (Phi) is 4.85. The van der Waals surface area contributed by atoms with E-state index in [0.29, 0.717) is 43.7 Å². The molecule has 1 unspecified atom stereocenters. The van der Waals surface area contributed by atoms with E-state index in [2.05, 4.69) is 15.4 Å². The van der Waals surface area contributed by atoms with Crippen LogP contribution in [-0.4, -0.2) is 35.7 Å². The second-order valence-corrected chi connectivity index (χ2v) is 7.74. The summed E-state index contributed by atoms with van der Waals surface area (Å²) in [6.45, 7) is 0.789. The van der Waals surface area contributed by atoms with Gasteiger partial charge in [-0.15, -0.1) is 0 Å². The molecule has 5 rings (SSSR count). The monoisotopic (exact) mass is 420 g/mol. The van der Waals surface area contributed by atoms with Gasteiger partial charge in [0.15, 0.2) is 0 Å². The van der Waals surface area contributed by atoms with Gasteiger partial charge in [-0.25, -0.2) is 18.9 Å². The highest BCUT2D eigenvalue weighted by Gasteiger charge is 2.22. The first kappa shape index (κ1) is 19.2. The van der Waals surface area contributed by atoms with Crippen molar-refractivity contribution in [3.8, 4) is 0 Å². The van der Waals surface area contributed by atoms with Gasteiger partial charge in [0.25, 0.3) is 5.91 Å². The molecule has 0 radical (unpaired) electrons. The normalized spacial score (nSPS) is 16.1. The summed E-state index contributed by atoms with van der Waals surface area (Å²) in [5, 5.41) is 7.55. The van der Waals surface area contributed by atoms with Crippen LogP contribution in [0.5, 0.6) is 0 Å². The number of carbonyl (C=O) groups excluding carboxylic acids is 1. The van der Waals surface area contributed by atoms with E-state index in [-0.39, 0.29) is 23.5 Å². The van der Waals surface area contributed by atoms with Crippen LogP contribution >= 0.6 is 0 Å². The minimum absolute atomic E-state index is 0.0462. The van der Waals surface area contributed by atoms with Gasteiger partial charge >= 0.3 is 5.69 Å². The highest BCUT2D eigenvalue weighted by Crippen LogP contribution is 2.14. The van der Waals surface area contributed by atoms with Gasteiger partial charge < -0.3 is 9.72 Å². The summed E-state index contributed by atoms with van der Waals surface area (Å²) in [5.41, 5.74) is 1.91. The third kappa shape index (κ3) is 3.86. The number of rotatable bonds is 4. The van der Waals surface area contributed by atoms with Crippen molar-refractivity contribution in [1.29, 1.82) is 0 Å². The van der Waals surface area contributed by atoms with Gasteiger partial charge in [-0.2, -0.15) is 5.10 Å². The molecule has 31 heavy (non-hydrogen) atoms. The first-order valence-corrected chi connectivity index (χ1v) is 10.2. The van der Waals surface area contributed by atoms with Crippen molar-refractivity contribution in [3.63, 3.8) is 0 Å². The van der Waals surface area contributed by atoms with Crippen molar-refractivity contribution in [2.75, 3.05) is 0 Å². The average molecular weight is 420 g/mol. The summed E-state index contributed by atoms with van der Waals surface area (Å²) in [4.78, 5) is 29.7. The van der Waals surface area contributed by atoms with E-state index in [1.807, 2.05) is 16.8 Å². The van der Waals surface area contributed by atoms with Crippen LogP contribution in [0.25, 0.3) is 5.65 Å². The van der Waals surface area contributed by atoms with Gasteiger partial charge in [0, 0.05) is 43.2 Å². The van der Waals surface area contributed by atoms with E-state index in [9.17, 15) is 14.0 Å². The van der Waals surface area contributed by atoms with Crippen LogP contribution in [0.2, 0.25) is 0 Å². The fraction of sp³-hybridized carbons (Fsp3) is 0.273. The van der Waals surface area contributed by atoms with Gasteiger partial charge in [0.1, 0.15) is 17.3 Å². The molecule has 9 heteroatoms. The zero-order valence-corrected chi connectivity index (χ0v) is 16.7. The molecular weight excluding hydrogens is 399 g/mol. The maximum absolute atomic E-state index is 13.1. The molecule has 0 spiro atoms. The largest absolute Gasteiger partial charge is 0.349 e. The molecular formula is C22H21FN6O2. The number of aryl methyl sites for hydroxylation is 1. The SMILES string of the molecule is O=C(NC1CCc2nn(Cc3ccc(F)cc3)c(=O)n2CC1)c1ccn2ccnc2c1. The smallest absolute Gasteiger partial charge is 0.346 e. The second kappa shape index (κ2) is 7.82. The van der Waals surface area contributed by atoms with E-state index in [1.54, 1.807) is 35.0 Å². The first-order valence-electron chi connectivity index (χ1n) is 10.2. The van der Waals surface area contributed by atoms with E-state index in [0.717, 1.165) is 11.2 Å². The summed E-state index contributed by atoms with van der Waals surface area (Å²) < 4.78 is 18.0. The zero-order valence-electron chi connectivity index (χ0n) is 16.7. The molecule has 3 aromatic heterocycles. The number of carbonyl (C=O) groups is 1. The van der Waals surface area contributed by atoms with Crippen molar-refractivity contribution in [3.05, 3.63) is 88.2 Å². The van der Waals surface area contributed by atoms with Crippen molar-refractivity contribution < 1.29 is 9.18 Å². The van der Waals surface area contributed by atoms with Crippen LogP contribution in [0, 0.1) is 5.82 Å². The number of fused-ring (bicyclic) bond motifs is 2. The third-order valence-corrected chi connectivity index (χ3v) is 5.66. The lowest BCUT2D eigenvalue weighted by Gasteiger charge is -2.16. The maximum atomic E-state index is 13.1. The quantitative estimate of drug-likeness (QED) is 0.547. The molecule has 0 aliphatic carbocycles. The summed E-state index contributed by atoms with van der Waals surface area (Å²) in [6.07, 6.45) is 7.26. The molecule has 0 saturated heterocycles. The predicted molar refractivity (Wildman–Crippen MR) is 111 cm³/mol. The van der Waals surface area contributed by atoms with E-state index >= 15 is 0 Å². The molecule has 1 amide bonds. The van der Waals surface area contributed by atoms with E-state index in [4.69, 9.17) is 0 Å². The second-order valence-electron chi connectivity index (χ2n) is 7.74. The van der Waals surface area contributed by atoms with Crippen molar-refractivity contribution in [1.82, 2.24) is 29.0 Å². The third-order valence-electron chi connectivity index (χ3n) is 5.66. The van der Waals surface area contributed by atoms with Gasteiger partial charge in [0.2, 0.25) is 0 Å². The maximum Gasteiger partial charge on any atom is 0.346 e. The number of pyridine rings is 1. The lowest BCUT2D eigenvalue weighted by Crippen LogP contribution is -2.36. The van der Waals surface area contributed by atoms with Gasteiger partial charge in [-0.1, -0.05) is 12.1 Å². The summed E-state index contributed by atoms with van der Waals surface area (Å²) >= 11 is 0. The number of amides is 1. The van der Waals surface area contributed by atoms with Crippen LogP contribution in [0.15, 0.2) is 59.8 Å². The Hall–Kier alpha value is -3.75. The number of imidazole rings is 1. The molecule has 0 fully saturated rings. The van der Waals surface area contributed by atoms with E-state index in [1.165, 1.54) is 16.8 Å². The number of halogens is 1. The fourth-order valence-corrected chi connectivity index (χ4v) is 3.96. The summed E-state index contributed by atoms with van der Waals surface area (Å²) in [5.74, 6) is 0.251. The molecule has 0 saturated carbocycles. The predicted octanol–water partition coefficient (Wildman–Crippen LogP) is 2.01. The lowest BCUT2D eigenvalue weighted by molar-refractivity contribution is 0.0933. The molecule has 1 aliphatic heterocycles. The topological polar surface area (TPSA) is 86.2 Å². The van der Waals surface area contributed by atoms with Crippen LogP contribution in [-0.2, 0) is 19.5 Å². The minimum Gasteiger partial charge on any atom is -0.349 e. The number of nitrogens with one attached hydrogen (secondary N) is 1. The Bertz CT molecular complexity index is 1300. The van der Waals surface area contributed by atoms with Crippen LogP contribution in [0.1, 0.15) is 34.6 Å². The van der Waals surface area contributed by atoms with Crippen LogP contribution in [0.4, 0.5) is 4.39 Å². The molecule has 4 heterocycles. The van der Waals surface area contributed by atoms with Gasteiger partial charge in [0.05, 0.1) is 6.54 Å². The molecule has 1 atom stereocenters. The Morgan fingerprint density at radius 2 is 2.00 bits per heavy atom. The number of hydrogen-bond acceptors (Lipinski definition) is 4. The Balaban J connectivity index is 1.26. The number of aromatic nitrogens is 5. The van der Waals surface area contributed by atoms with E-state index < -0.39 is 0 Å². The minimum atomic E-state index is -0.311. The van der Waals surface area contributed by atoms with Crippen LogP contribution < -0.4 is 11.0 Å². The Morgan fingerprint density at radius 1 is 1.16 bits per heavy atom. The molecule has 1 aromatic carbocycles. The summed E-state index contributed by atoms with van der Waals surface area (Å²) in [7, 11) is 0. The molecule has 8 nitrogen and oxygen atoms in total. The Morgan fingerprint density at radius 3 is 2.84 bits per heavy atom. The molecule has 4 aromatic rings. The Labute approximate surface area is 177 Å². The number of benzene rings is 1. The van der Waals surface area contributed by atoms with Crippen LogP contribution in [0.3, 0.4) is 0 Å². The number of nitrogens with zero attached hydrogens (tertiary/aromatic N) is 5.